The first-order chi connectivity index (χ1) is 9.21. The van der Waals surface area contributed by atoms with Crippen LogP contribution in [0.2, 0.25) is 0 Å². The topological polar surface area (TPSA) is 46.6 Å². The molecular weight excluding hydrogens is 256 g/mol. The molecule has 0 aliphatic rings. The molecule has 2 heterocycles. The normalized spacial score (nSPS) is 13.1. The zero-order chi connectivity index (χ0) is 13.8. The van der Waals surface area contributed by atoms with Crippen LogP contribution in [0.4, 0.5) is 5.82 Å². The van der Waals surface area contributed by atoms with Crippen molar-refractivity contribution in [2.75, 3.05) is 18.0 Å². The predicted molar refractivity (Wildman–Crippen MR) is 83.2 cm³/mol. The molecule has 0 bridgehead atoms. The van der Waals surface area contributed by atoms with Crippen LogP contribution >= 0.6 is 11.3 Å². The average Bonchev–Trinajstić information content (AvgIpc) is 2.98. The van der Waals surface area contributed by atoms with Gasteiger partial charge >= 0.3 is 0 Å². The summed E-state index contributed by atoms with van der Waals surface area (Å²) in [6, 6.07) is 0.207. The lowest BCUT2D eigenvalue weighted by Gasteiger charge is -2.22. The van der Waals surface area contributed by atoms with Crippen LogP contribution in [0.1, 0.15) is 39.3 Å². The molecule has 0 amide bonds. The van der Waals surface area contributed by atoms with Crippen LogP contribution < -0.4 is 10.6 Å². The maximum Gasteiger partial charge on any atom is 0.195 e. The van der Waals surface area contributed by atoms with Crippen LogP contribution in [0.15, 0.2) is 11.6 Å². The van der Waals surface area contributed by atoms with E-state index in [1.165, 1.54) is 5.69 Å². The minimum absolute atomic E-state index is 0.207. The summed E-state index contributed by atoms with van der Waals surface area (Å²) in [7, 11) is 0. The van der Waals surface area contributed by atoms with Crippen molar-refractivity contribution in [2.24, 2.45) is 5.73 Å². The predicted octanol–water partition coefficient (Wildman–Crippen LogP) is 2.91. The van der Waals surface area contributed by atoms with Gasteiger partial charge in [0.05, 0.1) is 5.69 Å². The van der Waals surface area contributed by atoms with Crippen molar-refractivity contribution in [3.8, 4) is 0 Å². The summed E-state index contributed by atoms with van der Waals surface area (Å²) in [4.78, 5) is 8.23. The van der Waals surface area contributed by atoms with E-state index in [0.717, 1.165) is 43.1 Å². The molecule has 2 N–H and O–H groups in total. The molecule has 4 nitrogen and oxygen atoms in total. The largest absolute Gasteiger partial charge is 0.355 e. The fourth-order valence-corrected chi connectivity index (χ4v) is 3.07. The SMILES string of the molecule is CCCN(CC)c1nc2sccn2c1CC(N)CC. The van der Waals surface area contributed by atoms with Gasteiger partial charge in [-0.15, -0.1) is 11.3 Å². The van der Waals surface area contributed by atoms with E-state index < -0.39 is 0 Å². The van der Waals surface area contributed by atoms with Gasteiger partial charge in [0.15, 0.2) is 10.8 Å². The zero-order valence-corrected chi connectivity index (χ0v) is 12.9. The van der Waals surface area contributed by atoms with E-state index in [2.05, 4.69) is 41.6 Å². The Morgan fingerprint density at radius 3 is 2.84 bits per heavy atom. The Hall–Kier alpha value is -1.07. The fraction of sp³-hybridized carbons (Fsp3) is 0.643. The lowest BCUT2D eigenvalue weighted by Crippen LogP contribution is -2.28. The molecule has 0 aliphatic heterocycles. The van der Waals surface area contributed by atoms with E-state index in [1.807, 2.05) is 0 Å². The lowest BCUT2D eigenvalue weighted by atomic mass is 10.1. The number of aromatic nitrogens is 2. The molecule has 0 saturated carbocycles. The second kappa shape index (κ2) is 6.39. The van der Waals surface area contributed by atoms with Crippen molar-refractivity contribution in [3.05, 3.63) is 17.3 Å². The highest BCUT2D eigenvalue weighted by Crippen LogP contribution is 2.26. The highest BCUT2D eigenvalue weighted by Gasteiger charge is 2.19. The Morgan fingerprint density at radius 2 is 2.21 bits per heavy atom. The van der Waals surface area contributed by atoms with Gasteiger partial charge in [0.25, 0.3) is 0 Å². The first kappa shape index (κ1) is 14.3. The molecule has 0 radical (unpaired) electrons. The molecule has 1 unspecified atom stereocenters. The third kappa shape index (κ3) is 2.92. The molecule has 0 saturated heterocycles. The van der Waals surface area contributed by atoms with E-state index in [-0.39, 0.29) is 6.04 Å². The van der Waals surface area contributed by atoms with Crippen molar-refractivity contribution < 1.29 is 0 Å². The summed E-state index contributed by atoms with van der Waals surface area (Å²) in [5.74, 6) is 1.13. The number of imidazole rings is 1. The summed E-state index contributed by atoms with van der Waals surface area (Å²) in [5.41, 5.74) is 7.42. The number of fused-ring (bicyclic) bond motifs is 1. The van der Waals surface area contributed by atoms with Crippen molar-refractivity contribution >= 4 is 22.1 Å². The number of hydrogen-bond donors (Lipinski definition) is 1. The van der Waals surface area contributed by atoms with Gasteiger partial charge < -0.3 is 10.6 Å². The summed E-state index contributed by atoms with van der Waals surface area (Å²) in [6.45, 7) is 8.58. The molecule has 2 aromatic rings. The van der Waals surface area contributed by atoms with Gasteiger partial charge in [-0.05, 0) is 19.8 Å². The van der Waals surface area contributed by atoms with Crippen LogP contribution in [0.3, 0.4) is 0 Å². The first-order valence-corrected chi connectivity index (χ1v) is 8.04. The van der Waals surface area contributed by atoms with Crippen LogP contribution in [0, 0.1) is 0 Å². The van der Waals surface area contributed by atoms with Crippen molar-refractivity contribution in [3.63, 3.8) is 0 Å². The molecule has 2 rings (SSSR count). The van der Waals surface area contributed by atoms with Crippen LogP contribution in [-0.4, -0.2) is 28.5 Å². The summed E-state index contributed by atoms with van der Waals surface area (Å²) < 4.78 is 2.20. The minimum atomic E-state index is 0.207. The smallest absolute Gasteiger partial charge is 0.195 e. The van der Waals surface area contributed by atoms with Gasteiger partial charge in [-0.25, -0.2) is 4.98 Å². The molecule has 2 aromatic heterocycles. The quantitative estimate of drug-likeness (QED) is 0.848. The van der Waals surface area contributed by atoms with Crippen molar-refractivity contribution in [2.45, 2.75) is 46.1 Å². The third-order valence-electron chi connectivity index (χ3n) is 3.49. The zero-order valence-electron chi connectivity index (χ0n) is 12.1. The van der Waals surface area contributed by atoms with Gasteiger partial charge in [-0.2, -0.15) is 0 Å². The summed E-state index contributed by atoms with van der Waals surface area (Å²) in [5, 5.41) is 2.09. The molecule has 0 fully saturated rings. The summed E-state index contributed by atoms with van der Waals surface area (Å²) >= 11 is 1.69. The molecule has 5 heteroatoms. The molecule has 106 valence electrons. The standard InChI is InChI=1S/C14H24N4S/c1-4-7-17(6-3)13-12(10-11(15)5-2)18-8-9-19-14(18)16-13/h8-9,11H,4-7,10,15H2,1-3H3. The number of nitrogens with zero attached hydrogens (tertiary/aromatic N) is 3. The minimum Gasteiger partial charge on any atom is -0.355 e. The number of anilines is 1. The maximum absolute atomic E-state index is 6.15. The molecule has 0 spiro atoms. The van der Waals surface area contributed by atoms with Gasteiger partial charge in [0.2, 0.25) is 0 Å². The van der Waals surface area contributed by atoms with E-state index in [4.69, 9.17) is 10.7 Å². The van der Waals surface area contributed by atoms with Gasteiger partial charge in [-0.3, -0.25) is 4.40 Å². The third-order valence-corrected chi connectivity index (χ3v) is 4.25. The van der Waals surface area contributed by atoms with Crippen LogP contribution in [-0.2, 0) is 6.42 Å². The number of hydrogen-bond acceptors (Lipinski definition) is 4. The van der Waals surface area contributed by atoms with E-state index in [9.17, 15) is 0 Å². The first-order valence-electron chi connectivity index (χ1n) is 7.16. The Morgan fingerprint density at radius 1 is 1.42 bits per heavy atom. The van der Waals surface area contributed by atoms with E-state index >= 15 is 0 Å². The second-order valence-electron chi connectivity index (χ2n) is 4.89. The highest BCUT2D eigenvalue weighted by molar-refractivity contribution is 7.15. The van der Waals surface area contributed by atoms with E-state index in [0.29, 0.717) is 0 Å². The number of nitrogens with two attached hydrogens (primary N) is 1. The second-order valence-corrected chi connectivity index (χ2v) is 5.76. The Kier molecular flexibility index (Phi) is 4.82. The average molecular weight is 280 g/mol. The monoisotopic (exact) mass is 280 g/mol. The Bertz CT molecular complexity index is 516. The van der Waals surface area contributed by atoms with Gasteiger partial charge in [0.1, 0.15) is 0 Å². The highest BCUT2D eigenvalue weighted by atomic mass is 32.1. The lowest BCUT2D eigenvalue weighted by molar-refractivity contribution is 0.631. The van der Waals surface area contributed by atoms with E-state index in [1.54, 1.807) is 11.3 Å². The fourth-order valence-electron chi connectivity index (χ4n) is 2.34. The molecular formula is C14H24N4S. The van der Waals surface area contributed by atoms with Gasteiger partial charge in [-0.1, -0.05) is 13.8 Å². The van der Waals surface area contributed by atoms with Crippen molar-refractivity contribution in [1.82, 2.24) is 9.38 Å². The van der Waals surface area contributed by atoms with Gasteiger partial charge in [0, 0.05) is 37.1 Å². The molecule has 0 aliphatic carbocycles. The van der Waals surface area contributed by atoms with Crippen LogP contribution in [0.5, 0.6) is 0 Å². The number of thiazole rings is 1. The van der Waals surface area contributed by atoms with Crippen LogP contribution in [0.25, 0.3) is 4.96 Å². The summed E-state index contributed by atoms with van der Waals surface area (Å²) in [6.07, 6.45) is 5.13. The number of rotatable bonds is 7. The molecule has 19 heavy (non-hydrogen) atoms. The molecule has 0 aromatic carbocycles. The molecule has 1 atom stereocenters. The Labute approximate surface area is 119 Å². The van der Waals surface area contributed by atoms with Crippen molar-refractivity contribution in [1.29, 1.82) is 0 Å². The Balaban J connectivity index is 2.40. The maximum atomic E-state index is 6.15.